The monoisotopic (exact) mass is 680 g/mol. The molecule has 0 bridgehead atoms. The van der Waals surface area contributed by atoms with E-state index in [1.54, 1.807) is 0 Å². The molecule has 6 aromatic rings. The third kappa shape index (κ3) is 8.77. The number of phosphoric acid groups is 1. The molecular formula is C45H45O4P. The van der Waals surface area contributed by atoms with Crippen molar-refractivity contribution in [2.45, 2.75) is 56.8 Å². The minimum absolute atomic E-state index is 0.441. The van der Waals surface area contributed by atoms with Crippen molar-refractivity contribution in [1.29, 1.82) is 0 Å². The lowest BCUT2D eigenvalue weighted by Gasteiger charge is -2.42. The maximum atomic E-state index is 16.1. The van der Waals surface area contributed by atoms with Gasteiger partial charge in [0.1, 0.15) is 16.8 Å². The Bertz CT molecular complexity index is 1730. The topological polar surface area (TPSA) is 44.8 Å². The first-order valence-corrected chi connectivity index (χ1v) is 18.6. The van der Waals surface area contributed by atoms with Crippen LogP contribution in [0.1, 0.15) is 54.2 Å². The summed E-state index contributed by atoms with van der Waals surface area (Å²) in [6.07, 6.45) is 1.32. The van der Waals surface area contributed by atoms with Crippen molar-refractivity contribution in [1.82, 2.24) is 0 Å². The summed E-state index contributed by atoms with van der Waals surface area (Å²) in [7, 11) is -4.49. The minimum atomic E-state index is -4.49. The van der Waals surface area contributed by atoms with Crippen LogP contribution in [0.25, 0.3) is 0 Å². The number of benzene rings is 6. The van der Waals surface area contributed by atoms with Crippen molar-refractivity contribution >= 4 is 7.82 Å². The third-order valence-electron chi connectivity index (χ3n) is 9.25. The fourth-order valence-electron chi connectivity index (χ4n) is 6.69. The van der Waals surface area contributed by atoms with Gasteiger partial charge in [-0.15, -0.1) is 0 Å². The molecule has 0 spiro atoms. The van der Waals surface area contributed by atoms with E-state index in [0.29, 0.717) is 19.3 Å². The molecule has 6 aromatic carbocycles. The summed E-state index contributed by atoms with van der Waals surface area (Å²) in [6.45, 7) is 5.93. The molecule has 0 saturated carbocycles. The number of hydrogen-bond donors (Lipinski definition) is 0. The van der Waals surface area contributed by atoms with Crippen molar-refractivity contribution < 1.29 is 18.1 Å². The molecule has 0 heterocycles. The highest BCUT2D eigenvalue weighted by Crippen LogP contribution is 2.63. The molecule has 0 aliphatic carbocycles. The Morgan fingerprint density at radius 1 is 0.360 bits per heavy atom. The lowest BCUT2D eigenvalue weighted by atomic mass is 9.89. The van der Waals surface area contributed by atoms with Crippen LogP contribution in [0.15, 0.2) is 182 Å². The zero-order chi connectivity index (χ0) is 34.9. The Hall–Kier alpha value is -4.57. The molecule has 0 radical (unpaired) electrons. The van der Waals surface area contributed by atoms with Gasteiger partial charge in [0.2, 0.25) is 0 Å². The Morgan fingerprint density at radius 3 is 0.780 bits per heavy atom. The van der Waals surface area contributed by atoms with Gasteiger partial charge in [-0.3, -0.25) is 13.6 Å². The van der Waals surface area contributed by atoms with E-state index in [2.05, 4.69) is 36.4 Å². The van der Waals surface area contributed by atoms with Crippen molar-refractivity contribution in [3.63, 3.8) is 0 Å². The van der Waals surface area contributed by atoms with Crippen LogP contribution in [-0.2, 0) is 54.2 Å². The van der Waals surface area contributed by atoms with E-state index in [0.717, 1.165) is 33.4 Å². The number of phosphoric ester groups is 1. The van der Waals surface area contributed by atoms with E-state index in [1.807, 2.05) is 166 Å². The second kappa shape index (κ2) is 15.5. The smallest absolute Gasteiger partial charge is 0.275 e. The summed E-state index contributed by atoms with van der Waals surface area (Å²) >= 11 is 0. The van der Waals surface area contributed by atoms with Gasteiger partial charge in [0.25, 0.3) is 0 Å². The second-order valence-corrected chi connectivity index (χ2v) is 14.9. The van der Waals surface area contributed by atoms with Gasteiger partial charge in [-0.05, 0) is 54.2 Å². The Morgan fingerprint density at radius 2 is 0.560 bits per heavy atom. The van der Waals surface area contributed by atoms with Crippen LogP contribution in [-0.4, -0.2) is 0 Å². The zero-order valence-electron chi connectivity index (χ0n) is 29.0. The first-order chi connectivity index (χ1) is 24.2. The molecule has 50 heavy (non-hydrogen) atoms. The lowest BCUT2D eigenvalue weighted by Crippen LogP contribution is -2.36. The molecule has 5 heteroatoms. The second-order valence-electron chi connectivity index (χ2n) is 13.5. The van der Waals surface area contributed by atoms with Gasteiger partial charge in [0.15, 0.2) is 0 Å². The normalized spacial score (nSPS) is 16.3. The molecule has 3 unspecified atom stereocenters. The highest BCUT2D eigenvalue weighted by Gasteiger charge is 2.49. The Kier molecular flexibility index (Phi) is 11.0. The zero-order valence-corrected chi connectivity index (χ0v) is 29.9. The first kappa shape index (κ1) is 35.3. The van der Waals surface area contributed by atoms with Crippen molar-refractivity contribution in [2.75, 3.05) is 0 Å². The summed E-state index contributed by atoms with van der Waals surface area (Å²) in [5, 5.41) is 0. The predicted octanol–water partition coefficient (Wildman–Crippen LogP) is 11.6. The van der Waals surface area contributed by atoms with Gasteiger partial charge >= 0.3 is 7.82 Å². The average Bonchev–Trinajstić information content (AvgIpc) is 3.13. The summed E-state index contributed by atoms with van der Waals surface area (Å²) in [6, 6.07) is 60.2. The van der Waals surface area contributed by atoms with Crippen molar-refractivity contribution in [2.24, 2.45) is 0 Å². The summed E-state index contributed by atoms with van der Waals surface area (Å²) in [4.78, 5) is 0. The molecular weight excluding hydrogens is 635 g/mol. The van der Waals surface area contributed by atoms with Crippen LogP contribution in [0.3, 0.4) is 0 Å². The molecule has 0 amide bonds. The molecule has 0 aliphatic rings. The summed E-state index contributed by atoms with van der Waals surface area (Å²) in [5.74, 6) is 0. The molecule has 0 fully saturated rings. The molecule has 0 aliphatic heterocycles. The molecule has 0 N–H and O–H groups in total. The van der Waals surface area contributed by atoms with Crippen LogP contribution in [0.5, 0.6) is 0 Å². The van der Waals surface area contributed by atoms with Gasteiger partial charge in [0.05, 0.1) is 0 Å². The van der Waals surface area contributed by atoms with E-state index in [9.17, 15) is 0 Å². The van der Waals surface area contributed by atoms with Crippen molar-refractivity contribution in [3.8, 4) is 0 Å². The van der Waals surface area contributed by atoms with E-state index in [-0.39, 0.29) is 0 Å². The largest absolute Gasteiger partial charge is 0.477 e. The van der Waals surface area contributed by atoms with Gasteiger partial charge < -0.3 is 0 Å². The van der Waals surface area contributed by atoms with Crippen LogP contribution in [0, 0.1) is 0 Å². The molecule has 0 aromatic heterocycles. The van der Waals surface area contributed by atoms with Crippen LogP contribution >= 0.6 is 7.82 Å². The van der Waals surface area contributed by atoms with E-state index in [4.69, 9.17) is 13.6 Å². The van der Waals surface area contributed by atoms with E-state index >= 15 is 4.57 Å². The number of hydrogen-bond acceptors (Lipinski definition) is 4. The standard InChI is InChI=1S/C45H45O4P/c1-43(40-28-16-7-17-29-40,34-37-22-10-4-11-23-37)47-50(46,48-44(2,41-30-18-8-19-31-41)35-38-24-12-5-13-25-38)49-45(3,42-32-20-9-21-33-42)36-39-26-14-6-15-27-39/h4-33H,34-36H2,1-3H3. The van der Waals surface area contributed by atoms with E-state index in [1.165, 1.54) is 0 Å². The average molecular weight is 681 g/mol. The van der Waals surface area contributed by atoms with E-state index < -0.39 is 24.6 Å². The SMILES string of the molecule is CC(Cc1ccccc1)(OP(=O)(OC(C)(Cc1ccccc1)c1ccccc1)OC(C)(Cc1ccccc1)c1ccccc1)c1ccccc1. The number of rotatable bonds is 15. The van der Waals surface area contributed by atoms with Crippen LogP contribution in [0.4, 0.5) is 0 Å². The van der Waals surface area contributed by atoms with Crippen LogP contribution in [0.2, 0.25) is 0 Å². The molecule has 254 valence electrons. The lowest BCUT2D eigenvalue weighted by molar-refractivity contribution is -0.0608. The fourth-order valence-corrected chi connectivity index (χ4v) is 8.79. The molecule has 3 atom stereocenters. The fraction of sp³-hybridized carbons (Fsp3) is 0.200. The van der Waals surface area contributed by atoms with Gasteiger partial charge in [-0.25, -0.2) is 4.57 Å². The quantitative estimate of drug-likeness (QED) is 0.101. The maximum Gasteiger partial charge on any atom is 0.477 e. The van der Waals surface area contributed by atoms with Gasteiger partial charge in [0, 0.05) is 19.3 Å². The Balaban J connectivity index is 1.51. The van der Waals surface area contributed by atoms with Crippen molar-refractivity contribution in [3.05, 3.63) is 215 Å². The van der Waals surface area contributed by atoms with Crippen LogP contribution < -0.4 is 0 Å². The minimum Gasteiger partial charge on any atom is -0.275 e. The molecule has 4 nitrogen and oxygen atoms in total. The van der Waals surface area contributed by atoms with Gasteiger partial charge in [-0.1, -0.05) is 182 Å². The highest BCUT2D eigenvalue weighted by atomic mass is 31.2. The Labute approximate surface area is 297 Å². The highest BCUT2D eigenvalue weighted by molar-refractivity contribution is 7.48. The molecule has 6 rings (SSSR count). The third-order valence-corrected chi connectivity index (χ3v) is 11.1. The summed E-state index contributed by atoms with van der Waals surface area (Å²) in [5.41, 5.74) is 2.44. The first-order valence-electron chi connectivity index (χ1n) is 17.2. The van der Waals surface area contributed by atoms with Gasteiger partial charge in [-0.2, -0.15) is 0 Å². The maximum absolute atomic E-state index is 16.1. The predicted molar refractivity (Wildman–Crippen MR) is 203 cm³/mol. The molecule has 0 saturated heterocycles. The summed E-state index contributed by atoms with van der Waals surface area (Å²) < 4.78 is 37.2.